The van der Waals surface area contributed by atoms with E-state index in [4.69, 9.17) is 5.26 Å². The maximum atomic E-state index is 8.85. The van der Waals surface area contributed by atoms with Gasteiger partial charge in [-0.15, -0.1) is 0 Å². The van der Waals surface area contributed by atoms with Crippen LogP contribution in [0.4, 0.5) is 11.4 Å². The fourth-order valence-electron chi connectivity index (χ4n) is 2.60. The quantitative estimate of drug-likeness (QED) is 0.902. The Hall–Kier alpha value is -2.47. The number of nitrogens with zero attached hydrogens (tertiary/aromatic N) is 2. The average molecular weight is 263 g/mol. The number of fused-ring (bicyclic) bond motifs is 1. The molecule has 1 atom stereocenters. The molecule has 1 unspecified atom stereocenters. The summed E-state index contributed by atoms with van der Waals surface area (Å²) in [5.74, 6) is 0. The van der Waals surface area contributed by atoms with Gasteiger partial charge in [0.1, 0.15) is 0 Å². The number of benzene rings is 2. The van der Waals surface area contributed by atoms with E-state index in [1.54, 1.807) is 0 Å². The topological polar surface area (TPSA) is 39.1 Å². The minimum absolute atomic E-state index is 0.445. The van der Waals surface area contributed by atoms with Gasteiger partial charge >= 0.3 is 0 Å². The number of hydrogen-bond acceptors (Lipinski definition) is 3. The van der Waals surface area contributed by atoms with E-state index in [9.17, 15) is 0 Å². The summed E-state index contributed by atoms with van der Waals surface area (Å²) in [6.45, 7) is 4.05. The summed E-state index contributed by atoms with van der Waals surface area (Å²) in [5.41, 5.74) is 4.38. The Kier molecular flexibility index (Phi) is 3.30. The minimum atomic E-state index is 0.445. The van der Waals surface area contributed by atoms with E-state index in [1.807, 2.05) is 24.3 Å². The Morgan fingerprint density at radius 2 is 1.95 bits per heavy atom. The predicted octanol–water partition coefficient (Wildman–Crippen LogP) is 3.38. The number of nitrogens with one attached hydrogen (secondary N) is 1. The number of para-hydroxylation sites is 2. The molecule has 1 N–H and O–H groups in total. The van der Waals surface area contributed by atoms with Gasteiger partial charge in [0.15, 0.2) is 0 Å². The molecule has 100 valence electrons. The van der Waals surface area contributed by atoms with Crippen molar-refractivity contribution in [2.75, 3.05) is 16.8 Å². The van der Waals surface area contributed by atoms with Crippen LogP contribution in [0.1, 0.15) is 18.1 Å². The fraction of sp³-hybridized carbons (Fsp3) is 0.235. The molecule has 0 saturated heterocycles. The predicted molar refractivity (Wildman–Crippen MR) is 81.7 cm³/mol. The molecule has 0 radical (unpaired) electrons. The highest BCUT2D eigenvalue weighted by atomic mass is 15.2. The Morgan fingerprint density at radius 3 is 2.70 bits per heavy atom. The van der Waals surface area contributed by atoms with Crippen LogP contribution in [-0.4, -0.2) is 12.6 Å². The Labute approximate surface area is 119 Å². The molecule has 1 aliphatic heterocycles. The molecular weight excluding hydrogens is 246 g/mol. The van der Waals surface area contributed by atoms with Crippen molar-refractivity contribution in [3.8, 4) is 6.07 Å². The highest BCUT2D eigenvalue weighted by Gasteiger charge is 2.22. The van der Waals surface area contributed by atoms with Gasteiger partial charge in [0, 0.05) is 19.1 Å². The number of anilines is 2. The van der Waals surface area contributed by atoms with Crippen molar-refractivity contribution >= 4 is 11.4 Å². The third-order valence-corrected chi connectivity index (χ3v) is 3.77. The van der Waals surface area contributed by atoms with E-state index in [1.165, 1.54) is 16.9 Å². The van der Waals surface area contributed by atoms with Gasteiger partial charge in [0.05, 0.1) is 23.0 Å². The SMILES string of the molecule is CC1CNc2ccccc2N1Cc1ccc(C#N)cc1. The molecule has 0 aromatic heterocycles. The highest BCUT2D eigenvalue weighted by Crippen LogP contribution is 2.32. The van der Waals surface area contributed by atoms with Crippen molar-refractivity contribution in [1.29, 1.82) is 5.26 Å². The lowest BCUT2D eigenvalue weighted by Gasteiger charge is -2.37. The normalized spacial score (nSPS) is 17.0. The molecule has 0 fully saturated rings. The molecule has 2 aromatic rings. The zero-order chi connectivity index (χ0) is 13.9. The third kappa shape index (κ3) is 2.33. The van der Waals surface area contributed by atoms with Gasteiger partial charge < -0.3 is 10.2 Å². The number of rotatable bonds is 2. The van der Waals surface area contributed by atoms with Crippen molar-refractivity contribution < 1.29 is 0 Å². The van der Waals surface area contributed by atoms with Crippen molar-refractivity contribution in [2.24, 2.45) is 0 Å². The molecule has 0 spiro atoms. The number of nitriles is 1. The van der Waals surface area contributed by atoms with Crippen molar-refractivity contribution in [3.63, 3.8) is 0 Å². The van der Waals surface area contributed by atoms with Crippen LogP contribution < -0.4 is 10.2 Å². The van der Waals surface area contributed by atoms with Gasteiger partial charge in [-0.1, -0.05) is 24.3 Å². The monoisotopic (exact) mass is 263 g/mol. The first-order valence-corrected chi connectivity index (χ1v) is 6.86. The first kappa shape index (κ1) is 12.6. The van der Waals surface area contributed by atoms with Crippen molar-refractivity contribution in [2.45, 2.75) is 19.5 Å². The van der Waals surface area contributed by atoms with Crippen LogP contribution in [0, 0.1) is 11.3 Å². The molecule has 3 heteroatoms. The molecule has 20 heavy (non-hydrogen) atoms. The van der Waals surface area contributed by atoms with Gasteiger partial charge in [-0.3, -0.25) is 0 Å². The lowest BCUT2D eigenvalue weighted by Crippen LogP contribution is -2.41. The van der Waals surface area contributed by atoms with E-state index < -0.39 is 0 Å². The first-order valence-electron chi connectivity index (χ1n) is 6.86. The molecule has 0 aliphatic carbocycles. The molecule has 3 nitrogen and oxygen atoms in total. The van der Waals surface area contributed by atoms with Gasteiger partial charge in [-0.05, 0) is 36.8 Å². The lowest BCUT2D eigenvalue weighted by molar-refractivity contribution is 0.641. The van der Waals surface area contributed by atoms with E-state index in [0.717, 1.165) is 13.1 Å². The highest BCUT2D eigenvalue weighted by molar-refractivity contribution is 5.72. The molecular formula is C17H17N3. The zero-order valence-electron chi connectivity index (χ0n) is 11.5. The second-order valence-corrected chi connectivity index (χ2v) is 5.18. The molecule has 0 saturated carbocycles. The summed E-state index contributed by atoms with van der Waals surface area (Å²) >= 11 is 0. The van der Waals surface area contributed by atoms with Gasteiger partial charge in [0.25, 0.3) is 0 Å². The minimum Gasteiger partial charge on any atom is -0.381 e. The summed E-state index contributed by atoms with van der Waals surface area (Å²) in [4.78, 5) is 2.41. The molecule has 1 heterocycles. The summed E-state index contributed by atoms with van der Waals surface area (Å²) in [6, 6.07) is 18.8. The smallest absolute Gasteiger partial charge is 0.0991 e. The van der Waals surface area contributed by atoms with Crippen molar-refractivity contribution in [3.05, 3.63) is 59.7 Å². The van der Waals surface area contributed by atoms with Crippen LogP contribution in [0.25, 0.3) is 0 Å². The van der Waals surface area contributed by atoms with Crippen LogP contribution in [0.2, 0.25) is 0 Å². The Bertz CT molecular complexity index is 640. The standard InChI is InChI=1S/C17H17N3/c1-13-11-19-16-4-2-3-5-17(16)20(13)12-15-8-6-14(10-18)7-9-15/h2-9,13,19H,11-12H2,1H3. The summed E-state index contributed by atoms with van der Waals surface area (Å²) in [5, 5.41) is 12.3. The average Bonchev–Trinajstić information content (AvgIpc) is 2.51. The molecule has 2 aromatic carbocycles. The van der Waals surface area contributed by atoms with Crippen LogP contribution in [-0.2, 0) is 6.54 Å². The van der Waals surface area contributed by atoms with E-state index in [2.05, 4.69) is 47.5 Å². The second-order valence-electron chi connectivity index (χ2n) is 5.18. The van der Waals surface area contributed by atoms with Crippen LogP contribution in [0.15, 0.2) is 48.5 Å². The van der Waals surface area contributed by atoms with Gasteiger partial charge in [-0.2, -0.15) is 5.26 Å². The Morgan fingerprint density at radius 1 is 1.20 bits per heavy atom. The molecule has 0 amide bonds. The zero-order valence-corrected chi connectivity index (χ0v) is 11.5. The van der Waals surface area contributed by atoms with E-state index >= 15 is 0 Å². The Balaban J connectivity index is 1.87. The summed E-state index contributed by atoms with van der Waals surface area (Å²) < 4.78 is 0. The summed E-state index contributed by atoms with van der Waals surface area (Å²) in [7, 11) is 0. The van der Waals surface area contributed by atoms with Crippen LogP contribution in [0.3, 0.4) is 0 Å². The molecule has 3 rings (SSSR count). The van der Waals surface area contributed by atoms with Crippen LogP contribution in [0.5, 0.6) is 0 Å². The largest absolute Gasteiger partial charge is 0.381 e. The van der Waals surface area contributed by atoms with E-state index in [-0.39, 0.29) is 0 Å². The molecule has 0 bridgehead atoms. The van der Waals surface area contributed by atoms with E-state index in [0.29, 0.717) is 11.6 Å². The lowest BCUT2D eigenvalue weighted by atomic mass is 10.1. The van der Waals surface area contributed by atoms with Crippen molar-refractivity contribution in [1.82, 2.24) is 0 Å². The maximum absolute atomic E-state index is 8.85. The fourth-order valence-corrected chi connectivity index (χ4v) is 2.60. The third-order valence-electron chi connectivity index (χ3n) is 3.77. The number of hydrogen-bond donors (Lipinski definition) is 1. The summed E-state index contributed by atoms with van der Waals surface area (Å²) in [6.07, 6.45) is 0. The first-order chi connectivity index (χ1) is 9.78. The molecule has 1 aliphatic rings. The van der Waals surface area contributed by atoms with Gasteiger partial charge in [-0.25, -0.2) is 0 Å². The van der Waals surface area contributed by atoms with Crippen LogP contribution >= 0.6 is 0 Å². The maximum Gasteiger partial charge on any atom is 0.0991 e. The van der Waals surface area contributed by atoms with Gasteiger partial charge in [0.2, 0.25) is 0 Å². The second kappa shape index (κ2) is 5.26.